The van der Waals surface area contributed by atoms with Crippen LogP contribution in [0.2, 0.25) is 0 Å². The molecule has 22 heavy (non-hydrogen) atoms. The van der Waals surface area contributed by atoms with E-state index in [0.29, 0.717) is 0 Å². The van der Waals surface area contributed by atoms with Crippen molar-refractivity contribution in [3.8, 4) is 11.1 Å². The lowest BCUT2D eigenvalue weighted by atomic mass is 9.84. The van der Waals surface area contributed by atoms with Crippen LogP contribution in [-0.2, 0) is 12.0 Å². The molecule has 0 unspecified atom stereocenters. The van der Waals surface area contributed by atoms with Gasteiger partial charge in [-0.3, -0.25) is 4.98 Å². The number of aromatic nitrogens is 2. The highest BCUT2D eigenvalue weighted by molar-refractivity contribution is 5.79. The van der Waals surface area contributed by atoms with Gasteiger partial charge in [0.2, 0.25) is 0 Å². The van der Waals surface area contributed by atoms with Crippen LogP contribution in [0.4, 0.5) is 0 Å². The molecule has 0 saturated carbocycles. The molecule has 2 heterocycles. The Hall–Kier alpha value is -1.70. The van der Waals surface area contributed by atoms with Gasteiger partial charge in [-0.2, -0.15) is 0 Å². The summed E-state index contributed by atoms with van der Waals surface area (Å²) in [6, 6.07) is 4.44. The maximum atomic E-state index is 4.33. The first kappa shape index (κ1) is 15.2. The summed E-state index contributed by atoms with van der Waals surface area (Å²) < 4.78 is 2.37. The van der Waals surface area contributed by atoms with Gasteiger partial charge in [-0.15, -0.1) is 0 Å². The Balaban J connectivity index is 1.79. The Bertz CT molecular complexity index is 659. The van der Waals surface area contributed by atoms with E-state index in [4.69, 9.17) is 0 Å². The molecule has 0 bridgehead atoms. The molecular formula is C20H27N2+. The minimum Gasteiger partial charge on any atom is -0.264 e. The summed E-state index contributed by atoms with van der Waals surface area (Å²) in [5, 5.41) is 0. The fraction of sp³-hybridized carbons (Fsp3) is 0.500. The molecule has 0 N–H and O–H groups in total. The Kier molecular flexibility index (Phi) is 4.28. The molecule has 0 aromatic carbocycles. The molecule has 0 amide bonds. The summed E-state index contributed by atoms with van der Waals surface area (Å²) in [6.07, 6.45) is 15.2. The summed E-state index contributed by atoms with van der Waals surface area (Å²) in [5.41, 5.74) is 5.58. The third-order valence-electron chi connectivity index (χ3n) is 5.00. The first-order valence-corrected chi connectivity index (χ1v) is 8.63. The summed E-state index contributed by atoms with van der Waals surface area (Å²) >= 11 is 0. The molecule has 0 spiro atoms. The Labute approximate surface area is 134 Å². The average molecular weight is 295 g/mol. The van der Waals surface area contributed by atoms with Crippen LogP contribution in [0.1, 0.15) is 64.0 Å². The Morgan fingerprint density at radius 2 is 1.77 bits per heavy atom. The summed E-state index contributed by atoms with van der Waals surface area (Å²) in [6.45, 7) is 8.02. The maximum absolute atomic E-state index is 4.33. The van der Waals surface area contributed by atoms with Crippen LogP contribution >= 0.6 is 0 Å². The monoisotopic (exact) mass is 295 g/mol. The van der Waals surface area contributed by atoms with Crippen molar-refractivity contribution in [1.29, 1.82) is 0 Å². The number of rotatable bonds is 6. The number of unbranched alkanes of at least 4 members (excludes halogenated alkanes) is 4. The van der Waals surface area contributed by atoms with E-state index in [-0.39, 0.29) is 5.41 Å². The lowest BCUT2D eigenvalue weighted by Crippen LogP contribution is -2.34. The SMILES string of the molecule is CCCCCCC[n+]1ccc2c(c1)C(C)(C)c1cnccc1-2. The number of aryl methyl sites for hydroxylation is 1. The van der Waals surface area contributed by atoms with Crippen molar-refractivity contribution >= 4 is 0 Å². The molecule has 0 saturated heterocycles. The van der Waals surface area contributed by atoms with Crippen LogP contribution in [0.15, 0.2) is 36.9 Å². The molecule has 2 heteroatoms. The smallest absolute Gasteiger partial charge is 0.173 e. The number of hydrogen-bond acceptors (Lipinski definition) is 1. The second-order valence-corrected chi connectivity index (χ2v) is 6.97. The summed E-state index contributed by atoms with van der Waals surface area (Å²) in [7, 11) is 0. The number of hydrogen-bond donors (Lipinski definition) is 0. The van der Waals surface area contributed by atoms with Crippen molar-refractivity contribution in [3.05, 3.63) is 48.0 Å². The van der Waals surface area contributed by atoms with Crippen LogP contribution < -0.4 is 4.57 Å². The number of fused-ring (bicyclic) bond motifs is 3. The van der Waals surface area contributed by atoms with Gasteiger partial charge in [-0.05, 0) is 29.2 Å². The number of pyridine rings is 2. The standard InChI is InChI=1S/C20H27N2/c1-4-5-6-7-8-12-22-13-10-17-16-9-11-21-14-18(16)20(2,3)19(17)15-22/h9-11,13-15H,4-8,12H2,1-3H3/q+1. The highest BCUT2D eigenvalue weighted by atomic mass is 14.9. The average Bonchev–Trinajstić information content (AvgIpc) is 2.76. The first-order chi connectivity index (χ1) is 10.6. The van der Waals surface area contributed by atoms with E-state index in [0.717, 1.165) is 6.54 Å². The minimum atomic E-state index is 0.0597. The van der Waals surface area contributed by atoms with Crippen molar-refractivity contribution in [1.82, 2.24) is 4.98 Å². The van der Waals surface area contributed by atoms with E-state index in [1.165, 1.54) is 54.4 Å². The van der Waals surface area contributed by atoms with Crippen molar-refractivity contribution in [2.75, 3.05) is 0 Å². The van der Waals surface area contributed by atoms with Gasteiger partial charge in [0.05, 0.1) is 0 Å². The molecule has 3 rings (SSSR count). The van der Waals surface area contributed by atoms with E-state index in [2.05, 4.69) is 54.8 Å². The van der Waals surface area contributed by atoms with Crippen LogP contribution in [-0.4, -0.2) is 4.98 Å². The van der Waals surface area contributed by atoms with E-state index >= 15 is 0 Å². The molecule has 116 valence electrons. The molecule has 2 nitrogen and oxygen atoms in total. The van der Waals surface area contributed by atoms with Gasteiger partial charge in [-0.25, -0.2) is 4.57 Å². The topological polar surface area (TPSA) is 16.8 Å². The van der Waals surface area contributed by atoms with E-state index in [9.17, 15) is 0 Å². The predicted octanol–water partition coefficient (Wildman–Crippen LogP) is 4.65. The zero-order valence-corrected chi connectivity index (χ0v) is 14.1. The highest BCUT2D eigenvalue weighted by Crippen LogP contribution is 2.47. The molecule has 1 aliphatic rings. The molecule has 2 aromatic heterocycles. The minimum absolute atomic E-state index is 0.0597. The highest BCUT2D eigenvalue weighted by Gasteiger charge is 2.37. The molecule has 0 aliphatic heterocycles. The molecule has 2 aromatic rings. The molecule has 0 radical (unpaired) electrons. The van der Waals surface area contributed by atoms with Gasteiger partial charge in [0.15, 0.2) is 12.4 Å². The van der Waals surface area contributed by atoms with Crippen LogP contribution in [0, 0.1) is 0 Å². The number of nitrogens with zero attached hydrogens (tertiary/aromatic N) is 2. The van der Waals surface area contributed by atoms with E-state index in [1.54, 1.807) is 0 Å². The zero-order valence-electron chi connectivity index (χ0n) is 14.1. The Morgan fingerprint density at radius 3 is 2.59 bits per heavy atom. The van der Waals surface area contributed by atoms with Gasteiger partial charge >= 0.3 is 0 Å². The molecular weight excluding hydrogens is 268 g/mol. The van der Waals surface area contributed by atoms with Crippen molar-refractivity contribution < 1.29 is 4.57 Å². The predicted molar refractivity (Wildman–Crippen MR) is 90.8 cm³/mol. The molecule has 0 fully saturated rings. The van der Waals surface area contributed by atoms with E-state index in [1.807, 2.05) is 12.4 Å². The first-order valence-electron chi connectivity index (χ1n) is 8.63. The van der Waals surface area contributed by atoms with Gasteiger partial charge in [0, 0.05) is 35.9 Å². The van der Waals surface area contributed by atoms with Crippen LogP contribution in [0.5, 0.6) is 0 Å². The zero-order chi connectivity index (χ0) is 15.6. The molecule has 1 aliphatic carbocycles. The third-order valence-corrected chi connectivity index (χ3v) is 5.00. The largest absolute Gasteiger partial charge is 0.264 e. The lowest BCUT2D eigenvalue weighted by molar-refractivity contribution is -0.697. The van der Waals surface area contributed by atoms with Crippen LogP contribution in [0.25, 0.3) is 11.1 Å². The molecule has 0 atom stereocenters. The van der Waals surface area contributed by atoms with Crippen LogP contribution in [0.3, 0.4) is 0 Å². The second kappa shape index (κ2) is 6.20. The van der Waals surface area contributed by atoms with Gasteiger partial charge < -0.3 is 0 Å². The fourth-order valence-corrected chi connectivity index (χ4v) is 3.58. The quantitative estimate of drug-likeness (QED) is 0.560. The second-order valence-electron chi connectivity index (χ2n) is 6.97. The third kappa shape index (κ3) is 2.67. The van der Waals surface area contributed by atoms with E-state index < -0.39 is 0 Å². The Morgan fingerprint density at radius 1 is 1.00 bits per heavy atom. The summed E-state index contributed by atoms with van der Waals surface area (Å²) in [4.78, 5) is 4.33. The van der Waals surface area contributed by atoms with Crippen molar-refractivity contribution in [2.24, 2.45) is 0 Å². The fourth-order valence-electron chi connectivity index (χ4n) is 3.58. The normalized spacial score (nSPS) is 14.7. The van der Waals surface area contributed by atoms with Gasteiger partial charge in [0.1, 0.15) is 6.54 Å². The van der Waals surface area contributed by atoms with Crippen molar-refractivity contribution in [2.45, 2.75) is 64.8 Å². The van der Waals surface area contributed by atoms with Crippen molar-refractivity contribution in [3.63, 3.8) is 0 Å². The van der Waals surface area contributed by atoms with Gasteiger partial charge in [-0.1, -0.05) is 40.0 Å². The lowest BCUT2D eigenvalue weighted by Gasteiger charge is -2.19. The maximum Gasteiger partial charge on any atom is 0.173 e. The van der Waals surface area contributed by atoms with Gasteiger partial charge in [0.25, 0.3) is 0 Å². The summed E-state index contributed by atoms with van der Waals surface area (Å²) in [5.74, 6) is 0.